The number of methoxy groups -OCH3 is 2. The number of benzene rings is 2. The Morgan fingerprint density at radius 2 is 2.07 bits per heavy atom. The highest BCUT2D eigenvalue weighted by Crippen LogP contribution is 2.81. The van der Waals surface area contributed by atoms with Gasteiger partial charge in [-0.25, -0.2) is 4.21 Å². The molecule has 2 saturated carbocycles. The lowest BCUT2D eigenvalue weighted by Crippen LogP contribution is -2.47. The molecule has 1 N–H and O–H groups in total. The molecule has 2 amide bonds. The Morgan fingerprint density at radius 3 is 2.87 bits per heavy atom. The van der Waals surface area contributed by atoms with Crippen LogP contribution in [0, 0.1) is 17.3 Å². The van der Waals surface area contributed by atoms with Gasteiger partial charge in [0.25, 0.3) is 11.8 Å². The van der Waals surface area contributed by atoms with Crippen molar-refractivity contribution >= 4 is 39.0 Å². The van der Waals surface area contributed by atoms with E-state index in [1.165, 1.54) is 18.2 Å². The van der Waals surface area contributed by atoms with Crippen LogP contribution in [0.25, 0.3) is 0 Å². The maximum absolute atomic E-state index is 13.9. The zero-order valence-corrected chi connectivity index (χ0v) is 27.3. The number of nitrogens with zero attached hydrogens (tertiary/aromatic N) is 2. The summed E-state index contributed by atoms with van der Waals surface area (Å²) in [6.45, 7) is 1.81. The molecule has 0 saturated heterocycles. The van der Waals surface area contributed by atoms with Gasteiger partial charge in [0, 0.05) is 43.3 Å². The molecular weight excluding hydrogens is 614 g/mol. The third-order valence-corrected chi connectivity index (χ3v) is 12.5. The van der Waals surface area contributed by atoms with E-state index in [1.807, 2.05) is 18.2 Å². The Labute approximate surface area is 269 Å². The summed E-state index contributed by atoms with van der Waals surface area (Å²) in [5.74, 6) is 0.559. The highest BCUT2D eigenvalue weighted by molar-refractivity contribution is 7.92. The second-order valence-corrected chi connectivity index (χ2v) is 15.8. The summed E-state index contributed by atoms with van der Waals surface area (Å²) in [6, 6.07) is 11.6. The predicted octanol–water partition coefficient (Wildman–Crippen LogP) is 5.10. The normalized spacial score (nSPS) is 34.2. The Hall–Kier alpha value is -2.92. The van der Waals surface area contributed by atoms with Crippen LogP contribution in [0.1, 0.15) is 53.6 Å². The number of ether oxygens (including phenoxy) is 3. The minimum atomic E-state index is -3.39. The van der Waals surface area contributed by atoms with Crippen molar-refractivity contribution in [1.82, 2.24) is 4.72 Å². The smallest absolute Gasteiger partial charge is 0.286 e. The molecule has 6 atom stereocenters. The van der Waals surface area contributed by atoms with Crippen LogP contribution in [0.4, 0.5) is 5.69 Å². The van der Waals surface area contributed by atoms with Crippen molar-refractivity contribution in [2.75, 3.05) is 51.2 Å². The molecule has 240 valence electrons. The zero-order chi connectivity index (χ0) is 31.4. The van der Waals surface area contributed by atoms with E-state index in [-0.39, 0.29) is 29.3 Å². The second-order valence-electron chi connectivity index (χ2n) is 13.3. The van der Waals surface area contributed by atoms with Gasteiger partial charge in [0.2, 0.25) is 0 Å². The first-order valence-electron chi connectivity index (χ1n) is 15.8. The average Bonchev–Trinajstić information content (AvgIpc) is 3.89. The monoisotopic (exact) mass is 653 g/mol. The molecule has 2 aliphatic heterocycles. The van der Waals surface area contributed by atoms with E-state index in [4.69, 9.17) is 25.8 Å². The van der Waals surface area contributed by atoms with Gasteiger partial charge in [-0.05, 0) is 97.2 Å². The van der Waals surface area contributed by atoms with E-state index < -0.39 is 21.7 Å². The molecule has 0 radical (unpaired) electrons. The minimum Gasteiger partial charge on any atom is -0.490 e. The van der Waals surface area contributed by atoms with Crippen molar-refractivity contribution in [2.24, 2.45) is 21.6 Å². The van der Waals surface area contributed by atoms with Gasteiger partial charge >= 0.3 is 0 Å². The van der Waals surface area contributed by atoms with Crippen LogP contribution in [-0.4, -0.2) is 68.4 Å². The van der Waals surface area contributed by atoms with Gasteiger partial charge in [0.05, 0.1) is 24.2 Å². The number of anilines is 1. The van der Waals surface area contributed by atoms with E-state index >= 15 is 0 Å². The summed E-state index contributed by atoms with van der Waals surface area (Å²) < 4.78 is 38.0. The van der Waals surface area contributed by atoms with Crippen LogP contribution >= 0.6 is 11.6 Å². The van der Waals surface area contributed by atoms with Gasteiger partial charge in [-0.2, -0.15) is 0 Å². The Bertz CT molecular complexity index is 1690. The number of allylic oxidation sites excluding steroid dienone is 1. The molecular formula is C34H40ClN3O6S. The van der Waals surface area contributed by atoms with E-state index in [2.05, 4.69) is 38.3 Å². The summed E-state index contributed by atoms with van der Waals surface area (Å²) in [4.78, 5) is 28.4. The third kappa shape index (κ3) is 5.68. The molecule has 5 aliphatic rings. The quantitative estimate of drug-likeness (QED) is 0.458. The minimum absolute atomic E-state index is 0.00535. The number of hydrogen-bond acceptors (Lipinski definition) is 7. The molecule has 9 nitrogen and oxygen atoms in total. The van der Waals surface area contributed by atoms with E-state index in [1.54, 1.807) is 13.2 Å². The third-order valence-electron chi connectivity index (χ3n) is 10.5. The molecule has 45 heavy (non-hydrogen) atoms. The maximum atomic E-state index is 13.9. The largest absolute Gasteiger partial charge is 0.490 e. The standard InChI is InChI=1S/C34H40ClN3O6S/c1-42-18-30(39)36-45(41)14-5-3-4-8-29(43-2)31-26-17-34(26,31)20-38-19-33(13-6-7-22-15-24(35)10-11-25(22)33)21-44-28-12-9-23(16-27(28)38)32(40)37-45/h4,8-12,15-16,26,29,31H,3,5-7,13-14,17-21H2,1-2H3,(H,36,37,39,40,41)/b8-4+/t26-,29+,31-,33+,34?,45-/m1/s1. The van der Waals surface area contributed by atoms with Crippen LogP contribution in [0.3, 0.4) is 0 Å². The number of nitrogens with one attached hydrogen (secondary N) is 1. The predicted molar refractivity (Wildman–Crippen MR) is 173 cm³/mol. The lowest BCUT2D eigenvalue weighted by atomic mass is 9.70. The number of amides is 2. The fraction of sp³-hybridized carbons (Fsp3) is 0.529. The summed E-state index contributed by atoms with van der Waals surface area (Å²) in [5.41, 5.74) is 3.62. The van der Waals surface area contributed by atoms with Gasteiger partial charge in [-0.15, -0.1) is 4.36 Å². The highest BCUT2D eigenvalue weighted by atomic mass is 35.5. The molecule has 1 unspecified atom stereocenters. The van der Waals surface area contributed by atoms with E-state index in [9.17, 15) is 13.8 Å². The Kier molecular flexibility index (Phi) is 7.99. The zero-order valence-electron chi connectivity index (χ0n) is 25.8. The average molecular weight is 654 g/mol. The van der Waals surface area contributed by atoms with Gasteiger partial charge in [0.15, 0.2) is 0 Å². The van der Waals surface area contributed by atoms with E-state index in [0.717, 1.165) is 49.5 Å². The number of aryl methyl sites for hydroxylation is 1. The molecule has 2 spiro atoms. The molecule has 11 heteroatoms. The summed E-state index contributed by atoms with van der Waals surface area (Å²) in [7, 11) is -0.239. The summed E-state index contributed by atoms with van der Waals surface area (Å²) in [6.07, 6.45) is 9.46. The SMILES string of the molecule is COCC(=O)N[S@@]1(=O)=NC(=O)c2ccc3c(c2)N(CC24C[C@@H]2[C@@H]4[C@@H](OC)/C=C/CCC1)C[C@@]1(CCCc2cc(Cl)ccc21)CO3. The second kappa shape index (κ2) is 11.7. The first-order valence-corrected chi connectivity index (χ1v) is 17.8. The van der Waals surface area contributed by atoms with Crippen LogP contribution < -0.4 is 14.4 Å². The number of fused-ring (bicyclic) bond motifs is 4. The number of carbonyl (C=O) groups is 2. The lowest BCUT2D eigenvalue weighted by Gasteiger charge is -2.41. The molecule has 2 heterocycles. The Balaban J connectivity index is 1.31. The van der Waals surface area contributed by atoms with Crippen molar-refractivity contribution in [1.29, 1.82) is 0 Å². The molecule has 2 aromatic carbocycles. The van der Waals surface area contributed by atoms with Crippen molar-refractivity contribution in [3.05, 3.63) is 70.3 Å². The molecule has 3 aliphatic carbocycles. The molecule has 0 aromatic heterocycles. The fourth-order valence-electron chi connectivity index (χ4n) is 8.11. The highest BCUT2D eigenvalue weighted by Gasteiger charge is 2.80. The van der Waals surface area contributed by atoms with Crippen LogP contribution in [0.2, 0.25) is 5.02 Å². The number of halogens is 1. The van der Waals surface area contributed by atoms with Crippen LogP contribution in [0.15, 0.2) is 52.9 Å². The Morgan fingerprint density at radius 1 is 1.20 bits per heavy atom. The number of carbonyl (C=O) groups excluding carboxylic acids is 2. The molecule has 2 aromatic rings. The fourth-order valence-corrected chi connectivity index (χ4v) is 9.89. The summed E-state index contributed by atoms with van der Waals surface area (Å²) >= 11 is 6.43. The number of hydrogen-bond donors (Lipinski definition) is 1. The molecule has 7 rings (SSSR count). The number of rotatable bonds is 4. The van der Waals surface area contributed by atoms with Crippen molar-refractivity contribution in [2.45, 2.75) is 50.0 Å². The van der Waals surface area contributed by atoms with Crippen LogP contribution in [0.5, 0.6) is 5.75 Å². The molecule has 2 bridgehead atoms. The lowest BCUT2D eigenvalue weighted by molar-refractivity contribution is -0.122. The van der Waals surface area contributed by atoms with Crippen molar-refractivity contribution in [3.8, 4) is 5.75 Å². The van der Waals surface area contributed by atoms with Gasteiger partial charge in [0.1, 0.15) is 22.3 Å². The van der Waals surface area contributed by atoms with Crippen molar-refractivity contribution < 1.29 is 28.0 Å². The first kappa shape index (κ1) is 30.7. The van der Waals surface area contributed by atoms with E-state index in [0.29, 0.717) is 42.6 Å². The van der Waals surface area contributed by atoms with Crippen molar-refractivity contribution in [3.63, 3.8) is 0 Å². The summed E-state index contributed by atoms with van der Waals surface area (Å²) in [5, 5.41) is 0.745. The van der Waals surface area contributed by atoms with Gasteiger partial charge < -0.3 is 19.1 Å². The van der Waals surface area contributed by atoms with Gasteiger partial charge in [-0.3, -0.25) is 14.3 Å². The molecule has 2 fully saturated rings. The first-order chi connectivity index (χ1) is 21.7. The van der Waals surface area contributed by atoms with Gasteiger partial charge in [-0.1, -0.05) is 29.8 Å². The van der Waals surface area contributed by atoms with Crippen LogP contribution in [-0.2, 0) is 36.0 Å². The maximum Gasteiger partial charge on any atom is 0.286 e. The topological polar surface area (TPSA) is 107 Å².